The molecule has 0 fully saturated rings. The maximum atomic E-state index is 12.0. The molecule has 6 heteroatoms. The van der Waals surface area contributed by atoms with Gasteiger partial charge in [0.05, 0.1) is 6.42 Å². The highest BCUT2D eigenvalue weighted by molar-refractivity contribution is 5.79. The SMILES string of the molecule is CC(C)N(CCC(=O)O)C(=O)CCCC(=O)N(C)C. The number of carboxylic acids is 1. The standard InChI is InChI=1S/C13H24N2O4/c1-10(2)15(9-8-13(18)19)12(17)7-5-6-11(16)14(3)4/h10H,5-9H2,1-4H3,(H,18,19). The highest BCUT2D eigenvalue weighted by Gasteiger charge is 2.18. The van der Waals surface area contributed by atoms with Crippen LogP contribution in [0.25, 0.3) is 0 Å². The van der Waals surface area contributed by atoms with Gasteiger partial charge in [0.2, 0.25) is 11.8 Å². The zero-order valence-corrected chi connectivity index (χ0v) is 12.2. The van der Waals surface area contributed by atoms with Gasteiger partial charge in [0, 0.05) is 39.5 Å². The summed E-state index contributed by atoms with van der Waals surface area (Å²) in [7, 11) is 3.36. The molecule has 0 aromatic heterocycles. The third-order valence-electron chi connectivity index (χ3n) is 2.79. The normalized spacial score (nSPS) is 10.4. The van der Waals surface area contributed by atoms with Gasteiger partial charge in [-0.3, -0.25) is 14.4 Å². The fourth-order valence-electron chi connectivity index (χ4n) is 1.65. The third kappa shape index (κ3) is 7.43. The minimum Gasteiger partial charge on any atom is -0.481 e. The Balaban J connectivity index is 4.19. The second-order valence-electron chi connectivity index (χ2n) is 4.97. The number of amides is 2. The summed E-state index contributed by atoms with van der Waals surface area (Å²) in [5.74, 6) is -1.02. The quantitative estimate of drug-likeness (QED) is 0.714. The van der Waals surface area contributed by atoms with E-state index in [0.29, 0.717) is 12.8 Å². The molecule has 1 N–H and O–H groups in total. The van der Waals surface area contributed by atoms with Crippen molar-refractivity contribution in [2.24, 2.45) is 0 Å². The van der Waals surface area contributed by atoms with Gasteiger partial charge in [-0.2, -0.15) is 0 Å². The lowest BCUT2D eigenvalue weighted by molar-refractivity contribution is -0.139. The molecule has 6 nitrogen and oxygen atoms in total. The van der Waals surface area contributed by atoms with E-state index in [4.69, 9.17) is 5.11 Å². The van der Waals surface area contributed by atoms with Crippen LogP contribution in [0.4, 0.5) is 0 Å². The number of nitrogens with zero attached hydrogens (tertiary/aromatic N) is 2. The molecule has 0 aliphatic rings. The van der Waals surface area contributed by atoms with Gasteiger partial charge in [-0.1, -0.05) is 0 Å². The molecule has 0 spiro atoms. The van der Waals surface area contributed by atoms with E-state index in [1.807, 2.05) is 13.8 Å². The molecule has 0 saturated heterocycles. The molecule has 0 bridgehead atoms. The van der Waals surface area contributed by atoms with Crippen LogP contribution >= 0.6 is 0 Å². The van der Waals surface area contributed by atoms with Crippen LogP contribution in [0.1, 0.15) is 39.5 Å². The van der Waals surface area contributed by atoms with Crippen molar-refractivity contribution in [3.63, 3.8) is 0 Å². The van der Waals surface area contributed by atoms with Crippen molar-refractivity contribution in [1.82, 2.24) is 9.80 Å². The van der Waals surface area contributed by atoms with Crippen LogP contribution in [-0.4, -0.2) is 59.4 Å². The van der Waals surface area contributed by atoms with Crippen LogP contribution in [0.3, 0.4) is 0 Å². The van der Waals surface area contributed by atoms with E-state index in [2.05, 4.69) is 0 Å². The first-order valence-corrected chi connectivity index (χ1v) is 6.47. The Morgan fingerprint density at radius 1 is 1.00 bits per heavy atom. The highest BCUT2D eigenvalue weighted by atomic mass is 16.4. The van der Waals surface area contributed by atoms with Gasteiger partial charge < -0.3 is 14.9 Å². The molecule has 0 aromatic carbocycles. The highest BCUT2D eigenvalue weighted by Crippen LogP contribution is 2.07. The topological polar surface area (TPSA) is 77.9 Å². The zero-order valence-electron chi connectivity index (χ0n) is 12.2. The number of carboxylic acid groups (broad SMARTS) is 1. The van der Waals surface area contributed by atoms with Crippen molar-refractivity contribution in [2.75, 3.05) is 20.6 Å². The van der Waals surface area contributed by atoms with Gasteiger partial charge in [-0.25, -0.2) is 0 Å². The lowest BCUT2D eigenvalue weighted by Gasteiger charge is -2.26. The van der Waals surface area contributed by atoms with Crippen LogP contribution in [0.15, 0.2) is 0 Å². The Hall–Kier alpha value is -1.59. The molecule has 0 radical (unpaired) electrons. The van der Waals surface area contributed by atoms with Crippen molar-refractivity contribution in [3.05, 3.63) is 0 Å². The second kappa shape index (κ2) is 8.50. The van der Waals surface area contributed by atoms with Gasteiger partial charge in [0.25, 0.3) is 0 Å². The largest absolute Gasteiger partial charge is 0.481 e. The fourth-order valence-corrected chi connectivity index (χ4v) is 1.65. The molecule has 0 aliphatic heterocycles. The average molecular weight is 272 g/mol. The Morgan fingerprint density at radius 2 is 1.53 bits per heavy atom. The summed E-state index contributed by atoms with van der Waals surface area (Å²) in [5.41, 5.74) is 0. The molecule has 0 rings (SSSR count). The predicted molar refractivity (Wildman–Crippen MR) is 71.6 cm³/mol. The maximum absolute atomic E-state index is 12.0. The van der Waals surface area contributed by atoms with Crippen molar-refractivity contribution in [3.8, 4) is 0 Å². The van der Waals surface area contributed by atoms with Crippen molar-refractivity contribution in [2.45, 2.75) is 45.6 Å². The predicted octanol–water partition coefficient (Wildman–Crippen LogP) is 0.957. The molecule has 0 aliphatic carbocycles. The van der Waals surface area contributed by atoms with Crippen LogP contribution in [-0.2, 0) is 14.4 Å². The first-order valence-electron chi connectivity index (χ1n) is 6.47. The van der Waals surface area contributed by atoms with E-state index in [9.17, 15) is 14.4 Å². The molecule has 0 unspecified atom stereocenters. The van der Waals surface area contributed by atoms with Crippen molar-refractivity contribution >= 4 is 17.8 Å². The second-order valence-corrected chi connectivity index (χ2v) is 4.97. The first-order chi connectivity index (χ1) is 8.75. The van der Waals surface area contributed by atoms with Gasteiger partial charge in [-0.15, -0.1) is 0 Å². The molecule has 19 heavy (non-hydrogen) atoms. The summed E-state index contributed by atoms with van der Waals surface area (Å²) < 4.78 is 0. The van der Waals surface area contributed by atoms with E-state index >= 15 is 0 Å². The fraction of sp³-hybridized carbons (Fsp3) is 0.769. The van der Waals surface area contributed by atoms with Gasteiger partial charge in [-0.05, 0) is 20.3 Å². The minimum absolute atomic E-state index is 0.00515. The van der Waals surface area contributed by atoms with E-state index in [1.54, 1.807) is 19.0 Å². The molecular weight excluding hydrogens is 248 g/mol. The van der Waals surface area contributed by atoms with E-state index in [1.165, 1.54) is 4.90 Å². The lowest BCUT2D eigenvalue weighted by Crippen LogP contribution is -2.38. The van der Waals surface area contributed by atoms with Crippen molar-refractivity contribution in [1.29, 1.82) is 0 Å². The van der Waals surface area contributed by atoms with E-state index in [0.717, 1.165) is 0 Å². The smallest absolute Gasteiger partial charge is 0.305 e. The molecular formula is C13H24N2O4. The summed E-state index contributed by atoms with van der Waals surface area (Å²) in [6.07, 6.45) is 1.05. The average Bonchev–Trinajstić information content (AvgIpc) is 2.27. The molecule has 2 amide bonds. The van der Waals surface area contributed by atoms with Crippen molar-refractivity contribution < 1.29 is 19.5 Å². The molecule has 110 valence electrons. The molecule has 0 aromatic rings. The van der Waals surface area contributed by atoms with Gasteiger partial charge >= 0.3 is 5.97 Å². The van der Waals surface area contributed by atoms with Crippen LogP contribution in [0, 0.1) is 0 Å². The number of aliphatic carboxylic acids is 1. The summed E-state index contributed by atoms with van der Waals surface area (Å²) in [4.78, 5) is 36.9. The zero-order chi connectivity index (χ0) is 15.0. The first kappa shape index (κ1) is 17.4. The van der Waals surface area contributed by atoms with E-state index < -0.39 is 5.97 Å². The Kier molecular flexibility index (Phi) is 7.79. The maximum Gasteiger partial charge on any atom is 0.305 e. The Labute approximate surface area is 114 Å². The monoisotopic (exact) mass is 272 g/mol. The molecule has 0 atom stereocenters. The summed E-state index contributed by atoms with van der Waals surface area (Å²) in [5, 5.41) is 8.65. The van der Waals surface area contributed by atoms with Crippen LogP contribution < -0.4 is 0 Å². The number of hydrogen-bond donors (Lipinski definition) is 1. The number of carbonyl (C=O) groups is 3. The lowest BCUT2D eigenvalue weighted by atomic mass is 10.2. The Morgan fingerprint density at radius 3 is 1.95 bits per heavy atom. The molecule has 0 saturated carbocycles. The van der Waals surface area contributed by atoms with Gasteiger partial charge in [0.1, 0.15) is 0 Å². The Bertz CT molecular complexity index is 327. The number of hydrogen-bond acceptors (Lipinski definition) is 3. The summed E-state index contributed by atoms with van der Waals surface area (Å²) in [6.45, 7) is 3.92. The van der Waals surface area contributed by atoms with Gasteiger partial charge in [0.15, 0.2) is 0 Å². The summed E-state index contributed by atoms with van der Waals surface area (Å²) >= 11 is 0. The van der Waals surface area contributed by atoms with Crippen LogP contribution in [0.2, 0.25) is 0 Å². The minimum atomic E-state index is -0.916. The summed E-state index contributed by atoms with van der Waals surface area (Å²) in [6, 6.07) is -0.0311. The molecule has 0 heterocycles. The number of rotatable bonds is 8. The third-order valence-corrected chi connectivity index (χ3v) is 2.79. The van der Waals surface area contributed by atoms with Crippen LogP contribution in [0.5, 0.6) is 0 Å². The number of carbonyl (C=O) groups excluding carboxylic acids is 2. The van der Waals surface area contributed by atoms with E-state index in [-0.39, 0.29) is 37.2 Å².